The molecule has 40 heavy (non-hydrogen) atoms. The first kappa shape index (κ1) is 26.9. The Morgan fingerprint density at radius 1 is 0.975 bits per heavy atom. The lowest BCUT2D eigenvalue weighted by atomic mass is 9.97. The minimum absolute atomic E-state index is 0.0790. The van der Waals surface area contributed by atoms with Gasteiger partial charge in [-0.2, -0.15) is 0 Å². The van der Waals surface area contributed by atoms with Crippen molar-refractivity contribution in [3.05, 3.63) is 131 Å². The first-order chi connectivity index (χ1) is 19.4. The van der Waals surface area contributed by atoms with E-state index in [1.807, 2.05) is 110 Å². The molecule has 8 nitrogen and oxygen atoms in total. The Morgan fingerprint density at radius 2 is 1.55 bits per heavy atom. The number of fused-ring (bicyclic) bond motifs is 1. The third-order valence-electron chi connectivity index (χ3n) is 6.72. The molecule has 0 saturated carbocycles. The van der Waals surface area contributed by atoms with E-state index >= 15 is 0 Å². The number of esters is 1. The number of nitrogens with zero attached hydrogens (tertiary/aromatic N) is 2. The molecule has 0 aliphatic carbocycles. The van der Waals surface area contributed by atoms with Crippen molar-refractivity contribution in [2.75, 3.05) is 20.7 Å². The van der Waals surface area contributed by atoms with E-state index in [9.17, 15) is 14.4 Å². The van der Waals surface area contributed by atoms with Crippen molar-refractivity contribution in [1.82, 2.24) is 15.1 Å². The fourth-order valence-electron chi connectivity index (χ4n) is 4.75. The van der Waals surface area contributed by atoms with Gasteiger partial charge in [0.1, 0.15) is 5.70 Å². The van der Waals surface area contributed by atoms with Crippen LogP contribution in [0.4, 0.5) is 0 Å². The van der Waals surface area contributed by atoms with Crippen LogP contribution in [0.15, 0.2) is 115 Å². The maximum absolute atomic E-state index is 13.9. The molecule has 0 radical (unpaired) electrons. The van der Waals surface area contributed by atoms with Gasteiger partial charge in [-0.15, -0.1) is 0 Å². The molecule has 0 bridgehead atoms. The summed E-state index contributed by atoms with van der Waals surface area (Å²) in [7, 11) is 3.71. The predicted octanol–water partition coefficient (Wildman–Crippen LogP) is 3.57. The molecule has 2 amide bonds. The quantitative estimate of drug-likeness (QED) is 0.332. The van der Waals surface area contributed by atoms with Gasteiger partial charge in [0.2, 0.25) is 5.91 Å². The maximum Gasteiger partial charge on any atom is 0.356 e. The predicted molar refractivity (Wildman–Crippen MR) is 149 cm³/mol. The van der Waals surface area contributed by atoms with Crippen LogP contribution < -0.4 is 5.32 Å². The SMILES string of the molecule is CN(C)C=CC1=C(C(=O)OC(c2ccccc2)c2ccccc2)N2C(=O)C(NC(=O)Cc3ccccc3)C2OC1. The summed E-state index contributed by atoms with van der Waals surface area (Å²) >= 11 is 0. The van der Waals surface area contributed by atoms with Crippen LogP contribution in [-0.2, 0) is 30.3 Å². The van der Waals surface area contributed by atoms with Gasteiger partial charge >= 0.3 is 5.97 Å². The number of rotatable bonds is 9. The van der Waals surface area contributed by atoms with E-state index in [-0.39, 0.29) is 24.6 Å². The van der Waals surface area contributed by atoms with Crippen molar-refractivity contribution in [3.63, 3.8) is 0 Å². The number of benzene rings is 3. The lowest BCUT2D eigenvalue weighted by Crippen LogP contribution is -2.73. The third-order valence-corrected chi connectivity index (χ3v) is 6.72. The number of β-lactam (4-membered cyclic amide) rings is 1. The first-order valence-electron chi connectivity index (χ1n) is 13.1. The second kappa shape index (κ2) is 12.0. The number of carbonyl (C=O) groups is 3. The first-order valence-corrected chi connectivity index (χ1v) is 13.1. The number of hydrogen-bond acceptors (Lipinski definition) is 6. The molecule has 204 valence electrons. The highest BCUT2D eigenvalue weighted by Gasteiger charge is 2.55. The van der Waals surface area contributed by atoms with E-state index in [2.05, 4.69) is 5.32 Å². The smallest absolute Gasteiger partial charge is 0.356 e. The summed E-state index contributed by atoms with van der Waals surface area (Å²) in [4.78, 5) is 43.0. The van der Waals surface area contributed by atoms with Gasteiger partial charge < -0.3 is 19.7 Å². The lowest BCUT2D eigenvalue weighted by Gasteiger charge is -2.49. The molecular weight excluding hydrogens is 506 g/mol. The fraction of sp³-hybridized carbons (Fsp3) is 0.219. The van der Waals surface area contributed by atoms with Gasteiger partial charge in [0, 0.05) is 19.7 Å². The molecule has 0 aromatic heterocycles. The van der Waals surface area contributed by atoms with Crippen molar-refractivity contribution < 1.29 is 23.9 Å². The molecule has 2 atom stereocenters. The second-order valence-electron chi connectivity index (χ2n) is 9.88. The Balaban J connectivity index is 1.40. The minimum Gasteiger partial charge on any atom is -0.448 e. The molecule has 2 heterocycles. The van der Waals surface area contributed by atoms with Crippen molar-refractivity contribution >= 4 is 17.8 Å². The van der Waals surface area contributed by atoms with Crippen LogP contribution in [0.1, 0.15) is 22.8 Å². The molecule has 0 spiro atoms. The highest BCUT2D eigenvalue weighted by atomic mass is 16.6. The van der Waals surface area contributed by atoms with Gasteiger partial charge in [0.15, 0.2) is 18.4 Å². The second-order valence-corrected chi connectivity index (χ2v) is 9.88. The number of ether oxygens (including phenoxy) is 2. The summed E-state index contributed by atoms with van der Waals surface area (Å²) in [5, 5.41) is 2.77. The van der Waals surface area contributed by atoms with Crippen molar-refractivity contribution in [2.24, 2.45) is 0 Å². The highest BCUT2D eigenvalue weighted by molar-refractivity contribution is 6.02. The Morgan fingerprint density at radius 3 is 2.12 bits per heavy atom. The van der Waals surface area contributed by atoms with Gasteiger partial charge in [0.25, 0.3) is 5.91 Å². The van der Waals surface area contributed by atoms with Crippen LogP contribution in [0.5, 0.6) is 0 Å². The molecule has 1 fully saturated rings. The number of hydrogen-bond donors (Lipinski definition) is 1. The zero-order chi connectivity index (χ0) is 28.1. The van der Waals surface area contributed by atoms with Gasteiger partial charge in [-0.3, -0.25) is 14.5 Å². The van der Waals surface area contributed by atoms with Crippen LogP contribution in [0, 0.1) is 0 Å². The van der Waals surface area contributed by atoms with E-state index in [1.54, 1.807) is 12.3 Å². The lowest BCUT2D eigenvalue weighted by molar-refractivity contribution is -0.186. The van der Waals surface area contributed by atoms with Crippen molar-refractivity contribution in [2.45, 2.75) is 24.8 Å². The summed E-state index contributed by atoms with van der Waals surface area (Å²) in [5.41, 5.74) is 3.07. The molecule has 3 aromatic rings. The van der Waals surface area contributed by atoms with Crippen LogP contribution in [0.2, 0.25) is 0 Å². The summed E-state index contributed by atoms with van der Waals surface area (Å²) in [6.07, 6.45) is 2.16. The molecule has 2 unspecified atom stereocenters. The van der Waals surface area contributed by atoms with Crippen LogP contribution in [0.25, 0.3) is 0 Å². The standard InChI is InChI=1S/C32H31N3O5/c1-34(2)19-18-25-21-39-31-27(33-26(36)20-22-12-6-3-7-13-22)30(37)35(31)28(25)32(38)40-29(23-14-8-4-9-15-23)24-16-10-5-11-17-24/h3-19,27,29,31H,20-21H2,1-2H3,(H,33,36). The molecular formula is C32H31N3O5. The molecule has 8 heteroatoms. The van der Waals surface area contributed by atoms with Crippen molar-refractivity contribution in [1.29, 1.82) is 0 Å². The van der Waals surface area contributed by atoms with Gasteiger partial charge in [-0.05, 0) is 29.0 Å². The molecule has 2 aliphatic rings. The molecule has 1 saturated heterocycles. The normalized spacial score (nSPS) is 18.4. The molecule has 5 rings (SSSR count). The van der Waals surface area contributed by atoms with E-state index in [4.69, 9.17) is 9.47 Å². The summed E-state index contributed by atoms with van der Waals surface area (Å²) < 4.78 is 12.1. The van der Waals surface area contributed by atoms with Gasteiger partial charge in [0.05, 0.1) is 13.0 Å². The van der Waals surface area contributed by atoms with Gasteiger partial charge in [-0.25, -0.2) is 4.79 Å². The topological polar surface area (TPSA) is 88.2 Å². The van der Waals surface area contributed by atoms with Crippen molar-refractivity contribution in [3.8, 4) is 0 Å². The monoisotopic (exact) mass is 537 g/mol. The number of nitrogens with one attached hydrogen (secondary N) is 1. The van der Waals surface area contributed by atoms with E-state index in [0.717, 1.165) is 16.7 Å². The summed E-state index contributed by atoms with van der Waals surface area (Å²) in [6, 6.07) is 27.3. The largest absolute Gasteiger partial charge is 0.448 e. The zero-order valence-electron chi connectivity index (χ0n) is 22.4. The van der Waals surface area contributed by atoms with E-state index < -0.39 is 30.3 Å². The Hall–Kier alpha value is -4.69. The number of carbonyl (C=O) groups excluding carboxylic acids is 3. The third kappa shape index (κ3) is 5.82. The number of amides is 2. The van der Waals surface area contributed by atoms with Crippen LogP contribution in [0.3, 0.4) is 0 Å². The average molecular weight is 538 g/mol. The molecule has 2 aliphatic heterocycles. The maximum atomic E-state index is 13.9. The van der Waals surface area contributed by atoms with Crippen LogP contribution in [-0.4, -0.2) is 60.6 Å². The van der Waals surface area contributed by atoms with Crippen LogP contribution >= 0.6 is 0 Å². The summed E-state index contributed by atoms with van der Waals surface area (Å²) in [6.45, 7) is 0.0790. The zero-order valence-corrected chi connectivity index (χ0v) is 22.4. The average Bonchev–Trinajstić information content (AvgIpc) is 2.98. The Kier molecular flexibility index (Phi) is 8.07. The van der Waals surface area contributed by atoms with E-state index in [0.29, 0.717) is 5.57 Å². The van der Waals surface area contributed by atoms with Gasteiger partial charge in [-0.1, -0.05) is 91.0 Å². The fourth-order valence-corrected chi connectivity index (χ4v) is 4.75. The highest BCUT2D eigenvalue weighted by Crippen LogP contribution is 2.36. The Labute approximate surface area is 233 Å². The Bertz CT molecular complexity index is 1380. The minimum atomic E-state index is -0.891. The summed E-state index contributed by atoms with van der Waals surface area (Å²) in [5.74, 6) is -1.37. The van der Waals surface area contributed by atoms with E-state index in [1.165, 1.54) is 4.90 Å². The molecule has 3 aromatic carbocycles. The molecule has 1 N–H and O–H groups in total.